The van der Waals surface area contributed by atoms with Crippen molar-refractivity contribution in [3.63, 3.8) is 0 Å². The molecule has 2 amide bonds. The summed E-state index contributed by atoms with van der Waals surface area (Å²) in [5, 5.41) is 4.31. The molecule has 2 rings (SSSR count). The standard InChI is InChI=1S/C22H25Cl3N2O2/c1-4-14(2)26-22(29)15(3)27(13-17-7-5-6-8-18(17)23)21(28)12-16-9-10-19(24)20(25)11-16/h5-11,14-15H,4,12-13H2,1-3H3,(H,26,29)/t14-,15+/m1/s1. The van der Waals surface area contributed by atoms with Crippen molar-refractivity contribution >= 4 is 46.6 Å². The van der Waals surface area contributed by atoms with Crippen molar-refractivity contribution < 1.29 is 9.59 Å². The first kappa shape index (κ1) is 23.5. The fraction of sp³-hybridized carbons (Fsp3) is 0.364. The first-order chi connectivity index (χ1) is 13.7. The van der Waals surface area contributed by atoms with Crippen LogP contribution in [0, 0.1) is 0 Å². The van der Waals surface area contributed by atoms with Gasteiger partial charge in [0.1, 0.15) is 6.04 Å². The summed E-state index contributed by atoms with van der Waals surface area (Å²) in [6.07, 6.45) is 0.905. The number of benzene rings is 2. The van der Waals surface area contributed by atoms with Gasteiger partial charge < -0.3 is 10.2 Å². The highest BCUT2D eigenvalue weighted by atomic mass is 35.5. The zero-order valence-corrected chi connectivity index (χ0v) is 19.0. The smallest absolute Gasteiger partial charge is 0.242 e. The Hall–Kier alpha value is -1.75. The Bertz CT molecular complexity index is 873. The average molecular weight is 456 g/mol. The monoisotopic (exact) mass is 454 g/mol. The van der Waals surface area contributed by atoms with E-state index < -0.39 is 6.04 Å². The summed E-state index contributed by atoms with van der Waals surface area (Å²) < 4.78 is 0. The molecule has 0 aromatic heterocycles. The summed E-state index contributed by atoms with van der Waals surface area (Å²) in [5.41, 5.74) is 1.50. The van der Waals surface area contributed by atoms with E-state index in [2.05, 4.69) is 5.32 Å². The fourth-order valence-corrected chi connectivity index (χ4v) is 3.30. The van der Waals surface area contributed by atoms with E-state index in [0.29, 0.717) is 15.1 Å². The van der Waals surface area contributed by atoms with Crippen LogP contribution in [0.25, 0.3) is 0 Å². The Morgan fingerprint density at radius 3 is 2.31 bits per heavy atom. The van der Waals surface area contributed by atoms with Gasteiger partial charge in [-0.25, -0.2) is 0 Å². The van der Waals surface area contributed by atoms with Crippen molar-refractivity contribution in [3.8, 4) is 0 Å². The lowest BCUT2D eigenvalue weighted by Crippen LogP contribution is -2.49. The maximum Gasteiger partial charge on any atom is 0.242 e. The average Bonchev–Trinajstić information content (AvgIpc) is 2.69. The van der Waals surface area contributed by atoms with Gasteiger partial charge in [-0.1, -0.05) is 66.0 Å². The summed E-state index contributed by atoms with van der Waals surface area (Å²) in [6.45, 7) is 5.88. The summed E-state index contributed by atoms with van der Waals surface area (Å²) in [7, 11) is 0. The highest BCUT2D eigenvalue weighted by molar-refractivity contribution is 6.42. The van der Waals surface area contributed by atoms with E-state index in [4.69, 9.17) is 34.8 Å². The van der Waals surface area contributed by atoms with E-state index in [1.807, 2.05) is 32.0 Å². The molecule has 7 heteroatoms. The molecule has 0 saturated heterocycles. The molecule has 0 fully saturated rings. The molecule has 0 saturated carbocycles. The van der Waals surface area contributed by atoms with Crippen LogP contribution < -0.4 is 5.32 Å². The van der Waals surface area contributed by atoms with Crippen molar-refractivity contribution in [2.24, 2.45) is 0 Å². The number of carbonyl (C=O) groups excluding carboxylic acids is 2. The third-order valence-electron chi connectivity index (χ3n) is 4.81. The molecule has 0 unspecified atom stereocenters. The van der Waals surface area contributed by atoms with E-state index >= 15 is 0 Å². The molecule has 0 heterocycles. The van der Waals surface area contributed by atoms with E-state index in [1.165, 1.54) is 0 Å². The van der Waals surface area contributed by atoms with Gasteiger partial charge in [0.05, 0.1) is 16.5 Å². The molecule has 0 aliphatic carbocycles. The van der Waals surface area contributed by atoms with E-state index in [9.17, 15) is 9.59 Å². The maximum atomic E-state index is 13.2. The van der Waals surface area contributed by atoms with Crippen LogP contribution in [0.15, 0.2) is 42.5 Å². The minimum atomic E-state index is -0.657. The minimum absolute atomic E-state index is 0.0253. The predicted molar refractivity (Wildman–Crippen MR) is 120 cm³/mol. The van der Waals surface area contributed by atoms with Crippen molar-refractivity contribution in [3.05, 3.63) is 68.7 Å². The fourth-order valence-electron chi connectivity index (χ4n) is 2.78. The number of hydrogen-bond acceptors (Lipinski definition) is 2. The molecule has 2 aromatic rings. The second-order valence-corrected chi connectivity index (χ2v) is 8.25. The SMILES string of the molecule is CC[C@@H](C)NC(=O)[C@H](C)N(Cc1ccccc1Cl)C(=O)Cc1ccc(Cl)c(Cl)c1. The molecule has 156 valence electrons. The molecular formula is C22H25Cl3N2O2. The van der Waals surface area contributed by atoms with Gasteiger partial charge in [-0.15, -0.1) is 0 Å². The molecule has 29 heavy (non-hydrogen) atoms. The maximum absolute atomic E-state index is 13.2. The van der Waals surface area contributed by atoms with Gasteiger partial charge in [0, 0.05) is 17.6 Å². The number of amides is 2. The number of nitrogens with one attached hydrogen (secondary N) is 1. The third kappa shape index (κ3) is 6.63. The zero-order valence-electron chi connectivity index (χ0n) is 16.7. The van der Waals surface area contributed by atoms with Crippen LogP contribution in [0.1, 0.15) is 38.3 Å². The van der Waals surface area contributed by atoms with Gasteiger partial charge in [-0.2, -0.15) is 0 Å². The molecule has 0 radical (unpaired) electrons. The first-order valence-corrected chi connectivity index (χ1v) is 10.6. The minimum Gasteiger partial charge on any atom is -0.352 e. The zero-order chi connectivity index (χ0) is 21.6. The van der Waals surface area contributed by atoms with Crippen LogP contribution in [-0.4, -0.2) is 28.8 Å². The topological polar surface area (TPSA) is 49.4 Å². The number of nitrogens with zero attached hydrogens (tertiary/aromatic N) is 1. The van der Waals surface area contributed by atoms with Crippen LogP contribution in [0.5, 0.6) is 0 Å². The van der Waals surface area contributed by atoms with Crippen molar-refractivity contribution in [2.75, 3.05) is 0 Å². The van der Waals surface area contributed by atoms with E-state index in [-0.39, 0.29) is 30.8 Å². The van der Waals surface area contributed by atoms with Gasteiger partial charge in [0.25, 0.3) is 0 Å². The van der Waals surface area contributed by atoms with Crippen molar-refractivity contribution in [1.29, 1.82) is 0 Å². The summed E-state index contributed by atoms with van der Waals surface area (Å²) >= 11 is 18.3. The van der Waals surface area contributed by atoms with Gasteiger partial charge >= 0.3 is 0 Å². The molecule has 0 aliphatic heterocycles. The number of rotatable bonds is 8. The molecule has 4 nitrogen and oxygen atoms in total. The molecule has 2 atom stereocenters. The van der Waals surface area contributed by atoms with E-state index in [1.54, 1.807) is 36.1 Å². The van der Waals surface area contributed by atoms with Gasteiger partial charge in [0.2, 0.25) is 11.8 Å². The van der Waals surface area contributed by atoms with Crippen LogP contribution in [0.4, 0.5) is 0 Å². The highest BCUT2D eigenvalue weighted by Gasteiger charge is 2.27. The Morgan fingerprint density at radius 1 is 1.00 bits per heavy atom. The second kappa shape index (κ2) is 10.9. The number of hydrogen-bond donors (Lipinski definition) is 1. The van der Waals surface area contributed by atoms with Gasteiger partial charge in [0.15, 0.2) is 0 Å². The van der Waals surface area contributed by atoms with Crippen LogP contribution >= 0.6 is 34.8 Å². The largest absolute Gasteiger partial charge is 0.352 e. The molecule has 2 aromatic carbocycles. The third-order valence-corrected chi connectivity index (χ3v) is 5.91. The lowest BCUT2D eigenvalue weighted by Gasteiger charge is -2.30. The summed E-state index contributed by atoms with van der Waals surface area (Å²) in [6, 6.07) is 11.7. The van der Waals surface area contributed by atoms with Crippen molar-refractivity contribution in [2.45, 2.75) is 52.2 Å². The molecule has 0 aliphatic rings. The Labute approximate surface area is 187 Å². The Morgan fingerprint density at radius 2 is 1.69 bits per heavy atom. The quantitative estimate of drug-likeness (QED) is 0.569. The normalized spacial score (nSPS) is 12.9. The van der Waals surface area contributed by atoms with Crippen molar-refractivity contribution in [1.82, 2.24) is 10.2 Å². The second-order valence-electron chi connectivity index (χ2n) is 7.03. The summed E-state index contributed by atoms with van der Waals surface area (Å²) in [4.78, 5) is 27.4. The number of halogens is 3. The molecule has 0 spiro atoms. The number of carbonyl (C=O) groups is 2. The van der Waals surface area contributed by atoms with Crippen LogP contribution in [0.2, 0.25) is 15.1 Å². The molecule has 0 bridgehead atoms. The highest BCUT2D eigenvalue weighted by Crippen LogP contribution is 2.24. The Kier molecular flexibility index (Phi) is 8.81. The van der Waals surface area contributed by atoms with E-state index in [0.717, 1.165) is 17.5 Å². The van der Waals surface area contributed by atoms with Gasteiger partial charge in [-0.05, 0) is 49.6 Å². The van der Waals surface area contributed by atoms with Gasteiger partial charge in [-0.3, -0.25) is 9.59 Å². The first-order valence-electron chi connectivity index (χ1n) is 9.50. The molecular weight excluding hydrogens is 431 g/mol. The van der Waals surface area contributed by atoms with Crippen LogP contribution in [-0.2, 0) is 22.6 Å². The van der Waals surface area contributed by atoms with Crippen LogP contribution in [0.3, 0.4) is 0 Å². The Balaban J connectivity index is 2.27. The summed E-state index contributed by atoms with van der Waals surface area (Å²) in [5.74, 6) is -0.399. The predicted octanol–water partition coefficient (Wildman–Crippen LogP) is 5.52. The lowest BCUT2D eigenvalue weighted by molar-refractivity contribution is -0.140. The lowest BCUT2D eigenvalue weighted by atomic mass is 10.1. The molecule has 1 N–H and O–H groups in total.